The van der Waals surface area contributed by atoms with Crippen molar-refractivity contribution in [1.29, 1.82) is 0 Å². The number of rotatable bonds is 4. The summed E-state index contributed by atoms with van der Waals surface area (Å²) in [7, 11) is 0. The van der Waals surface area contributed by atoms with Gasteiger partial charge in [0.15, 0.2) is 0 Å². The minimum atomic E-state index is -0.184. The molecule has 1 saturated heterocycles. The molecule has 5 rings (SSSR count). The molecule has 0 aliphatic carbocycles. The maximum Gasteiger partial charge on any atom is 0.240 e. The fourth-order valence-electron chi connectivity index (χ4n) is 3.61. The zero-order valence-corrected chi connectivity index (χ0v) is 19.1. The van der Waals surface area contributed by atoms with Crippen molar-refractivity contribution in [3.8, 4) is 22.5 Å². The van der Waals surface area contributed by atoms with Crippen LogP contribution in [-0.4, -0.2) is 21.6 Å². The van der Waals surface area contributed by atoms with Crippen LogP contribution in [0.15, 0.2) is 84.9 Å². The Morgan fingerprint density at radius 1 is 0.781 bits per heavy atom. The number of carbonyl (C=O) groups excluding carboxylic acids is 1. The van der Waals surface area contributed by atoms with Gasteiger partial charge in [-0.1, -0.05) is 77.8 Å². The van der Waals surface area contributed by atoms with Crippen molar-refractivity contribution in [2.75, 3.05) is 10.7 Å². The smallest absolute Gasteiger partial charge is 0.240 e. The highest BCUT2D eigenvalue weighted by Crippen LogP contribution is 2.41. The predicted molar refractivity (Wildman–Crippen MR) is 132 cm³/mol. The fourth-order valence-corrected chi connectivity index (χ4v) is 5.08. The molecule has 4 aromatic rings. The minimum Gasteiger partial charge on any atom is -0.273 e. The number of nitrogens with zero attached hydrogens (tertiary/aromatic N) is 3. The molecule has 1 atom stereocenters. The van der Waals surface area contributed by atoms with Crippen molar-refractivity contribution in [3.05, 3.63) is 101 Å². The van der Waals surface area contributed by atoms with Crippen molar-refractivity contribution in [2.24, 2.45) is 0 Å². The summed E-state index contributed by atoms with van der Waals surface area (Å²) in [5, 5.41) is 1.08. The van der Waals surface area contributed by atoms with Crippen molar-refractivity contribution in [3.63, 3.8) is 0 Å². The summed E-state index contributed by atoms with van der Waals surface area (Å²) < 4.78 is 0. The molecule has 1 unspecified atom stereocenters. The van der Waals surface area contributed by atoms with Crippen molar-refractivity contribution in [2.45, 2.75) is 5.37 Å². The van der Waals surface area contributed by atoms with E-state index in [2.05, 4.69) is 0 Å². The van der Waals surface area contributed by atoms with Crippen molar-refractivity contribution >= 4 is 46.8 Å². The molecule has 1 aromatic heterocycles. The molecule has 0 radical (unpaired) electrons. The molecule has 1 aliphatic heterocycles. The summed E-state index contributed by atoms with van der Waals surface area (Å²) in [6.07, 6.45) is 0. The first-order chi connectivity index (χ1) is 15.6. The van der Waals surface area contributed by atoms with Crippen LogP contribution in [0, 0.1) is 0 Å². The lowest BCUT2D eigenvalue weighted by Gasteiger charge is -2.23. The Morgan fingerprint density at radius 3 is 2.22 bits per heavy atom. The van der Waals surface area contributed by atoms with Crippen LogP contribution in [0.3, 0.4) is 0 Å². The average Bonchev–Trinajstić information content (AvgIpc) is 3.21. The van der Waals surface area contributed by atoms with Crippen LogP contribution in [0.25, 0.3) is 22.5 Å². The van der Waals surface area contributed by atoms with E-state index in [0.717, 1.165) is 16.7 Å². The fraction of sp³-hybridized carbons (Fsp3) is 0.0800. The van der Waals surface area contributed by atoms with Gasteiger partial charge in [0.25, 0.3) is 0 Å². The van der Waals surface area contributed by atoms with E-state index < -0.39 is 0 Å². The highest BCUT2D eigenvalue weighted by molar-refractivity contribution is 8.00. The Hall–Kier alpha value is -2.86. The van der Waals surface area contributed by atoms with Gasteiger partial charge < -0.3 is 0 Å². The van der Waals surface area contributed by atoms with Crippen LogP contribution in [0.5, 0.6) is 0 Å². The number of anilines is 1. The maximum absolute atomic E-state index is 12.9. The third-order valence-electron chi connectivity index (χ3n) is 5.14. The van der Waals surface area contributed by atoms with Crippen molar-refractivity contribution < 1.29 is 4.79 Å². The SMILES string of the molecule is O=C1CSC(c2ccccc2)N1c1nc(-c2ccc(Cl)cc2)cc(-c2cccc(Cl)c2)n1. The molecule has 1 aliphatic rings. The molecule has 32 heavy (non-hydrogen) atoms. The van der Waals surface area contributed by atoms with Crippen LogP contribution in [0.2, 0.25) is 10.0 Å². The number of benzene rings is 3. The lowest BCUT2D eigenvalue weighted by Crippen LogP contribution is -2.29. The maximum atomic E-state index is 12.9. The van der Waals surface area contributed by atoms with Crippen molar-refractivity contribution in [1.82, 2.24) is 9.97 Å². The number of aromatic nitrogens is 2. The zero-order valence-electron chi connectivity index (χ0n) is 16.8. The van der Waals surface area contributed by atoms with Gasteiger partial charge in [-0.3, -0.25) is 9.69 Å². The number of hydrogen-bond acceptors (Lipinski definition) is 4. The number of halogens is 2. The van der Waals surface area contributed by atoms with E-state index in [0.29, 0.717) is 33.1 Å². The van der Waals surface area contributed by atoms with Gasteiger partial charge >= 0.3 is 0 Å². The Morgan fingerprint density at radius 2 is 1.50 bits per heavy atom. The van der Waals surface area contributed by atoms with Crippen LogP contribution in [0.4, 0.5) is 5.95 Å². The molecule has 7 heteroatoms. The van der Waals surface area contributed by atoms with E-state index >= 15 is 0 Å². The minimum absolute atomic E-state index is 0.0193. The summed E-state index contributed by atoms with van der Waals surface area (Å²) in [4.78, 5) is 24.2. The van der Waals surface area contributed by atoms with Gasteiger partial charge in [0.2, 0.25) is 11.9 Å². The van der Waals surface area contributed by atoms with E-state index in [1.807, 2.05) is 84.9 Å². The molecule has 158 valence electrons. The number of thioether (sulfide) groups is 1. The molecule has 4 nitrogen and oxygen atoms in total. The monoisotopic (exact) mass is 477 g/mol. The Bertz CT molecular complexity index is 1280. The van der Waals surface area contributed by atoms with Gasteiger partial charge in [0, 0.05) is 21.2 Å². The average molecular weight is 478 g/mol. The predicted octanol–water partition coefficient (Wildman–Crippen LogP) is 6.90. The van der Waals surface area contributed by atoms with Gasteiger partial charge in [-0.2, -0.15) is 0 Å². The highest BCUT2D eigenvalue weighted by Gasteiger charge is 2.36. The summed E-state index contributed by atoms with van der Waals surface area (Å²) in [5.41, 5.74) is 4.18. The highest BCUT2D eigenvalue weighted by atomic mass is 35.5. The second-order valence-corrected chi connectivity index (χ2v) is 9.23. The Balaban J connectivity index is 1.67. The standard InChI is InChI=1S/C25H17Cl2N3OS/c26-19-11-9-16(10-12-19)21-14-22(18-7-4-8-20(27)13-18)29-25(28-21)30-23(31)15-32-24(30)17-5-2-1-3-6-17/h1-14,24H,15H2. The van der Waals surface area contributed by atoms with E-state index in [-0.39, 0.29) is 11.3 Å². The molecular formula is C25H17Cl2N3OS. The van der Waals surface area contributed by atoms with E-state index in [1.165, 1.54) is 0 Å². The van der Waals surface area contributed by atoms with Crippen LogP contribution in [-0.2, 0) is 4.79 Å². The van der Waals surface area contributed by atoms with Gasteiger partial charge in [0.05, 0.1) is 17.1 Å². The second kappa shape index (κ2) is 8.94. The second-order valence-electron chi connectivity index (χ2n) is 7.29. The van der Waals surface area contributed by atoms with Gasteiger partial charge in [0.1, 0.15) is 5.37 Å². The molecule has 1 amide bonds. The lowest BCUT2D eigenvalue weighted by molar-refractivity contribution is -0.115. The summed E-state index contributed by atoms with van der Waals surface area (Å²) in [6.45, 7) is 0. The Labute approximate surface area is 200 Å². The first-order valence-electron chi connectivity index (χ1n) is 9.98. The largest absolute Gasteiger partial charge is 0.273 e. The Kier molecular flexibility index (Phi) is 5.87. The molecule has 0 N–H and O–H groups in total. The van der Waals surface area contributed by atoms with E-state index in [1.54, 1.807) is 16.7 Å². The third-order valence-corrected chi connectivity index (χ3v) is 6.84. The summed E-state index contributed by atoms with van der Waals surface area (Å²) in [5.74, 6) is 0.728. The third kappa shape index (κ3) is 4.24. The number of carbonyl (C=O) groups is 1. The van der Waals surface area contributed by atoms with Crippen LogP contribution < -0.4 is 4.90 Å². The molecule has 0 bridgehead atoms. The van der Waals surface area contributed by atoms with Crippen LogP contribution in [0.1, 0.15) is 10.9 Å². The number of amides is 1. The zero-order chi connectivity index (χ0) is 22.1. The molecular weight excluding hydrogens is 461 g/mol. The molecule has 0 saturated carbocycles. The first-order valence-corrected chi connectivity index (χ1v) is 11.8. The summed E-state index contributed by atoms with van der Waals surface area (Å²) in [6, 6.07) is 26.8. The van der Waals surface area contributed by atoms with Gasteiger partial charge in [-0.15, -0.1) is 11.8 Å². The van der Waals surface area contributed by atoms with Gasteiger partial charge in [-0.25, -0.2) is 9.97 Å². The van der Waals surface area contributed by atoms with E-state index in [9.17, 15) is 4.79 Å². The molecule has 1 fully saturated rings. The topological polar surface area (TPSA) is 46.1 Å². The summed E-state index contributed by atoms with van der Waals surface area (Å²) >= 11 is 13.9. The normalized spacial score (nSPS) is 15.9. The quantitative estimate of drug-likeness (QED) is 0.320. The van der Waals surface area contributed by atoms with Crippen LogP contribution >= 0.6 is 35.0 Å². The first kappa shape index (κ1) is 21.0. The molecule has 2 heterocycles. The van der Waals surface area contributed by atoms with Gasteiger partial charge in [-0.05, 0) is 35.9 Å². The molecule has 3 aromatic carbocycles. The lowest BCUT2D eigenvalue weighted by atomic mass is 10.1. The van der Waals surface area contributed by atoms with E-state index in [4.69, 9.17) is 33.2 Å². The molecule has 0 spiro atoms. The number of hydrogen-bond donors (Lipinski definition) is 0.